The third-order valence-corrected chi connectivity index (χ3v) is 4.98. The first-order chi connectivity index (χ1) is 14.8. The van der Waals surface area contributed by atoms with Gasteiger partial charge < -0.3 is 14.8 Å². The van der Waals surface area contributed by atoms with Crippen molar-refractivity contribution in [1.82, 2.24) is 0 Å². The van der Waals surface area contributed by atoms with Gasteiger partial charge in [0, 0.05) is 22.9 Å². The zero-order valence-corrected chi connectivity index (χ0v) is 16.9. The molecule has 0 fully saturated rings. The molecule has 0 aliphatic rings. The number of fused-ring (bicyclic) bond motifs is 1. The molecule has 1 aromatic heterocycles. The lowest BCUT2D eigenvalue weighted by Gasteiger charge is -2.08. The van der Waals surface area contributed by atoms with Crippen LogP contribution in [0.3, 0.4) is 0 Å². The van der Waals surface area contributed by atoms with Crippen LogP contribution in [0.1, 0.15) is 31.8 Å². The Bertz CT molecular complexity index is 1370. The quantitative estimate of drug-likeness (QED) is 0.489. The van der Waals surface area contributed by atoms with Gasteiger partial charge in [-0.2, -0.15) is 0 Å². The molecule has 154 valence electrons. The van der Waals surface area contributed by atoms with Gasteiger partial charge in [-0.25, -0.2) is 4.79 Å². The summed E-state index contributed by atoms with van der Waals surface area (Å²) in [5, 5.41) is 12.2. The van der Waals surface area contributed by atoms with E-state index in [4.69, 9.17) is 9.52 Å². The summed E-state index contributed by atoms with van der Waals surface area (Å²) in [7, 11) is 0. The minimum Gasteiger partial charge on any atom is -0.478 e. The van der Waals surface area contributed by atoms with Crippen molar-refractivity contribution >= 4 is 28.5 Å². The van der Waals surface area contributed by atoms with Crippen LogP contribution < -0.4 is 10.7 Å². The number of rotatable bonds is 4. The second-order valence-electron chi connectivity index (χ2n) is 7.35. The molecular weight excluding hydrogens is 394 g/mol. The lowest BCUT2D eigenvalue weighted by Crippen LogP contribution is -2.12. The highest BCUT2D eigenvalue weighted by Crippen LogP contribution is 2.25. The number of anilines is 1. The first-order valence-electron chi connectivity index (χ1n) is 9.62. The number of hydrogen-bond acceptors (Lipinski definition) is 4. The average Bonchev–Trinajstić information content (AvgIpc) is 2.75. The van der Waals surface area contributed by atoms with Crippen molar-refractivity contribution in [3.8, 4) is 11.3 Å². The monoisotopic (exact) mass is 413 g/mol. The zero-order chi connectivity index (χ0) is 22.1. The summed E-state index contributed by atoms with van der Waals surface area (Å²) in [5.41, 5.74) is 4.06. The van der Waals surface area contributed by atoms with Gasteiger partial charge in [-0.05, 0) is 67.4 Å². The molecule has 0 aliphatic carbocycles. The minimum absolute atomic E-state index is 0.116. The van der Waals surface area contributed by atoms with Gasteiger partial charge in [0.1, 0.15) is 11.3 Å². The van der Waals surface area contributed by atoms with E-state index in [9.17, 15) is 14.4 Å². The van der Waals surface area contributed by atoms with Crippen molar-refractivity contribution in [2.75, 3.05) is 5.32 Å². The van der Waals surface area contributed by atoms with Gasteiger partial charge >= 0.3 is 5.97 Å². The molecule has 3 aromatic carbocycles. The van der Waals surface area contributed by atoms with Crippen molar-refractivity contribution in [3.63, 3.8) is 0 Å². The molecule has 2 N–H and O–H groups in total. The minimum atomic E-state index is -1.03. The third-order valence-electron chi connectivity index (χ3n) is 4.98. The van der Waals surface area contributed by atoms with E-state index >= 15 is 0 Å². The molecule has 31 heavy (non-hydrogen) atoms. The standard InChI is InChI=1S/C25H19NO5/c1-14-11-15(2)23-20(12-14)21(27)13-22(31-23)16-3-5-17(6-4-16)24(28)26-19-9-7-18(8-10-19)25(29)30/h3-13H,1-2H3,(H,26,28)(H,29,30). The fraction of sp³-hybridized carbons (Fsp3) is 0.0800. The molecule has 0 aliphatic heterocycles. The van der Waals surface area contributed by atoms with E-state index in [-0.39, 0.29) is 16.9 Å². The van der Waals surface area contributed by atoms with Gasteiger partial charge in [0.05, 0.1) is 10.9 Å². The van der Waals surface area contributed by atoms with E-state index in [2.05, 4.69) is 5.32 Å². The number of benzene rings is 3. The SMILES string of the molecule is Cc1cc(C)c2oc(-c3ccc(C(=O)Nc4ccc(C(=O)O)cc4)cc3)cc(=O)c2c1. The predicted molar refractivity (Wildman–Crippen MR) is 119 cm³/mol. The first-order valence-corrected chi connectivity index (χ1v) is 9.62. The molecule has 4 aromatic rings. The number of nitrogens with one attached hydrogen (secondary N) is 1. The van der Waals surface area contributed by atoms with Crippen LogP contribution in [0.2, 0.25) is 0 Å². The summed E-state index contributed by atoms with van der Waals surface area (Å²) in [6.07, 6.45) is 0. The topological polar surface area (TPSA) is 96.6 Å². The van der Waals surface area contributed by atoms with Crippen molar-refractivity contribution in [2.24, 2.45) is 0 Å². The second-order valence-corrected chi connectivity index (χ2v) is 7.35. The summed E-state index contributed by atoms with van der Waals surface area (Å²) in [5.74, 6) is -0.930. The Hall–Kier alpha value is -4.19. The van der Waals surface area contributed by atoms with E-state index in [0.717, 1.165) is 11.1 Å². The van der Waals surface area contributed by atoms with Crippen LogP contribution in [-0.4, -0.2) is 17.0 Å². The lowest BCUT2D eigenvalue weighted by atomic mass is 10.1. The van der Waals surface area contributed by atoms with Crippen molar-refractivity contribution in [3.05, 3.63) is 99.2 Å². The highest BCUT2D eigenvalue weighted by Gasteiger charge is 2.12. The number of carbonyl (C=O) groups excluding carboxylic acids is 1. The Morgan fingerprint density at radius 1 is 0.871 bits per heavy atom. The first kappa shape index (κ1) is 20.1. The zero-order valence-electron chi connectivity index (χ0n) is 16.9. The molecule has 0 unspecified atom stereocenters. The number of carboxylic acid groups (broad SMARTS) is 1. The molecule has 0 radical (unpaired) electrons. The summed E-state index contributed by atoms with van der Waals surface area (Å²) in [6, 6.07) is 17.9. The highest BCUT2D eigenvalue weighted by molar-refractivity contribution is 6.04. The van der Waals surface area contributed by atoms with Gasteiger partial charge in [0.25, 0.3) is 5.91 Å². The summed E-state index contributed by atoms with van der Waals surface area (Å²) in [6.45, 7) is 3.84. The van der Waals surface area contributed by atoms with E-state index in [0.29, 0.717) is 33.5 Å². The molecule has 1 amide bonds. The van der Waals surface area contributed by atoms with E-state index in [1.807, 2.05) is 26.0 Å². The normalized spacial score (nSPS) is 10.8. The summed E-state index contributed by atoms with van der Waals surface area (Å²) < 4.78 is 5.99. The number of hydrogen-bond donors (Lipinski definition) is 2. The molecule has 6 nitrogen and oxygen atoms in total. The smallest absolute Gasteiger partial charge is 0.335 e. The molecule has 0 bridgehead atoms. The maximum Gasteiger partial charge on any atom is 0.335 e. The number of amides is 1. The molecule has 0 spiro atoms. The van der Waals surface area contributed by atoms with E-state index in [1.165, 1.54) is 30.3 Å². The fourth-order valence-electron chi connectivity index (χ4n) is 3.44. The number of aromatic carboxylic acids is 1. The number of aryl methyl sites for hydroxylation is 2. The Morgan fingerprint density at radius 3 is 2.16 bits per heavy atom. The van der Waals surface area contributed by atoms with Crippen molar-refractivity contribution < 1.29 is 19.1 Å². The Morgan fingerprint density at radius 2 is 1.52 bits per heavy atom. The Kier molecular flexibility index (Phi) is 5.13. The lowest BCUT2D eigenvalue weighted by molar-refractivity contribution is 0.0696. The van der Waals surface area contributed by atoms with E-state index < -0.39 is 5.97 Å². The number of carboxylic acids is 1. The maximum atomic E-state index is 12.6. The van der Waals surface area contributed by atoms with Crippen LogP contribution in [0.5, 0.6) is 0 Å². The van der Waals surface area contributed by atoms with Gasteiger partial charge in [-0.3, -0.25) is 9.59 Å². The molecule has 4 rings (SSSR count). The molecule has 0 saturated heterocycles. The van der Waals surface area contributed by atoms with Crippen LogP contribution >= 0.6 is 0 Å². The summed E-state index contributed by atoms with van der Waals surface area (Å²) >= 11 is 0. The van der Waals surface area contributed by atoms with Gasteiger partial charge in [0.2, 0.25) is 0 Å². The third kappa shape index (κ3) is 4.09. The van der Waals surface area contributed by atoms with Crippen molar-refractivity contribution in [1.29, 1.82) is 0 Å². The van der Waals surface area contributed by atoms with Gasteiger partial charge in [-0.1, -0.05) is 18.2 Å². The predicted octanol–water partition coefficient (Wildman–Crippen LogP) is 5.03. The van der Waals surface area contributed by atoms with E-state index in [1.54, 1.807) is 24.3 Å². The van der Waals surface area contributed by atoms with Crippen LogP contribution in [0, 0.1) is 13.8 Å². The highest BCUT2D eigenvalue weighted by atomic mass is 16.4. The maximum absolute atomic E-state index is 12.6. The van der Waals surface area contributed by atoms with Crippen LogP contribution in [0.4, 0.5) is 5.69 Å². The molecule has 1 heterocycles. The fourth-order valence-corrected chi connectivity index (χ4v) is 3.44. The Labute approximate surface area is 177 Å². The molecular formula is C25H19NO5. The Balaban J connectivity index is 1.58. The molecule has 0 saturated carbocycles. The number of carbonyl (C=O) groups is 2. The van der Waals surface area contributed by atoms with Crippen LogP contribution in [0.25, 0.3) is 22.3 Å². The largest absolute Gasteiger partial charge is 0.478 e. The van der Waals surface area contributed by atoms with Crippen LogP contribution in [-0.2, 0) is 0 Å². The average molecular weight is 413 g/mol. The van der Waals surface area contributed by atoms with Gasteiger partial charge in [-0.15, -0.1) is 0 Å². The molecule has 6 heteroatoms. The second kappa shape index (κ2) is 7.91. The van der Waals surface area contributed by atoms with Gasteiger partial charge in [0.15, 0.2) is 5.43 Å². The van der Waals surface area contributed by atoms with Crippen LogP contribution in [0.15, 0.2) is 75.9 Å². The van der Waals surface area contributed by atoms with Crippen molar-refractivity contribution in [2.45, 2.75) is 13.8 Å². The molecule has 0 atom stereocenters. The summed E-state index contributed by atoms with van der Waals surface area (Å²) in [4.78, 5) is 36.0.